The number of hydrogen-bond donors (Lipinski definition) is 1. The molecule has 1 aromatic rings. The molecule has 1 heterocycles. The number of ether oxygens (including phenoxy) is 2. The molecule has 0 saturated carbocycles. The van der Waals surface area contributed by atoms with Gasteiger partial charge in [-0.05, 0) is 18.6 Å². The molecule has 0 spiro atoms. The number of para-hydroxylation sites is 2. The zero-order chi connectivity index (χ0) is 11.9. The van der Waals surface area contributed by atoms with Gasteiger partial charge in [0.25, 0.3) is 0 Å². The predicted octanol–water partition coefficient (Wildman–Crippen LogP) is 1.37. The second-order valence-corrected chi connectivity index (χ2v) is 4.19. The quantitative estimate of drug-likeness (QED) is 0.619. The zero-order valence-electron chi connectivity index (χ0n) is 10.1. The lowest BCUT2D eigenvalue weighted by atomic mass is 10.3. The number of morpholine rings is 1. The van der Waals surface area contributed by atoms with Crippen LogP contribution in [0.25, 0.3) is 0 Å². The van der Waals surface area contributed by atoms with Crippen molar-refractivity contribution in [2.75, 3.05) is 45.2 Å². The highest BCUT2D eigenvalue weighted by Gasteiger charge is 2.09. The van der Waals surface area contributed by atoms with Gasteiger partial charge in [0, 0.05) is 19.6 Å². The maximum Gasteiger partial charge on any atom is 0.142 e. The van der Waals surface area contributed by atoms with Crippen LogP contribution in [-0.2, 0) is 4.74 Å². The topological polar surface area (TPSA) is 47.7 Å². The van der Waals surface area contributed by atoms with Crippen molar-refractivity contribution in [1.29, 1.82) is 0 Å². The Hall–Kier alpha value is -1.26. The third-order valence-corrected chi connectivity index (χ3v) is 2.90. The van der Waals surface area contributed by atoms with Crippen molar-refractivity contribution in [3.8, 4) is 5.75 Å². The van der Waals surface area contributed by atoms with Crippen molar-refractivity contribution in [3.63, 3.8) is 0 Å². The van der Waals surface area contributed by atoms with E-state index in [2.05, 4.69) is 4.90 Å². The molecule has 0 atom stereocenters. The Morgan fingerprint density at radius 2 is 2.00 bits per heavy atom. The second-order valence-electron chi connectivity index (χ2n) is 4.19. The highest BCUT2D eigenvalue weighted by atomic mass is 16.5. The number of anilines is 1. The van der Waals surface area contributed by atoms with Gasteiger partial charge in [-0.15, -0.1) is 0 Å². The Balaban J connectivity index is 1.64. The fraction of sp³-hybridized carbons (Fsp3) is 0.538. The summed E-state index contributed by atoms with van der Waals surface area (Å²) in [5.74, 6) is 0.787. The van der Waals surface area contributed by atoms with Crippen LogP contribution in [0, 0.1) is 0 Å². The van der Waals surface area contributed by atoms with E-state index in [0.717, 1.165) is 45.0 Å². The molecule has 94 valence electrons. The van der Waals surface area contributed by atoms with Crippen LogP contribution in [0.4, 0.5) is 5.69 Å². The van der Waals surface area contributed by atoms with Crippen molar-refractivity contribution in [3.05, 3.63) is 24.3 Å². The molecule has 1 saturated heterocycles. The third-order valence-electron chi connectivity index (χ3n) is 2.90. The first-order valence-corrected chi connectivity index (χ1v) is 6.13. The summed E-state index contributed by atoms with van der Waals surface area (Å²) in [6, 6.07) is 7.62. The summed E-state index contributed by atoms with van der Waals surface area (Å²) in [5, 5.41) is 0. The van der Waals surface area contributed by atoms with Gasteiger partial charge >= 0.3 is 0 Å². The van der Waals surface area contributed by atoms with Gasteiger partial charge in [0.1, 0.15) is 5.75 Å². The monoisotopic (exact) mass is 236 g/mol. The predicted molar refractivity (Wildman–Crippen MR) is 68.2 cm³/mol. The van der Waals surface area contributed by atoms with Gasteiger partial charge in [-0.1, -0.05) is 12.1 Å². The fourth-order valence-electron chi connectivity index (χ4n) is 1.91. The van der Waals surface area contributed by atoms with Gasteiger partial charge < -0.3 is 15.2 Å². The molecule has 1 fully saturated rings. The van der Waals surface area contributed by atoms with E-state index in [1.807, 2.05) is 24.3 Å². The van der Waals surface area contributed by atoms with Crippen LogP contribution < -0.4 is 10.5 Å². The molecule has 2 rings (SSSR count). The molecule has 17 heavy (non-hydrogen) atoms. The Kier molecular flexibility index (Phi) is 4.64. The number of nitrogens with two attached hydrogens (primary N) is 1. The van der Waals surface area contributed by atoms with Crippen LogP contribution in [0.3, 0.4) is 0 Å². The third kappa shape index (κ3) is 3.91. The van der Waals surface area contributed by atoms with E-state index in [4.69, 9.17) is 15.2 Å². The minimum Gasteiger partial charge on any atom is -0.491 e. The molecule has 4 heteroatoms. The summed E-state index contributed by atoms with van der Waals surface area (Å²) in [6.07, 6.45) is 1.02. The Labute approximate surface area is 102 Å². The van der Waals surface area contributed by atoms with Crippen LogP contribution in [0.5, 0.6) is 5.75 Å². The largest absolute Gasteiger partial charge is 0.491 e. The minimum absolute atomic E-state index is 0.707. The number of hydrogen-bond acceptors (Lipinski definition) is 4. The Morgan fingerprint density at radius 1 is 1.24 bits per heavy atom. The van der Waals surface area contributed by atoms with E-state index in [9.17, 15) is 0 Å². The van der Waals surface area contributed by atoms with E-state index in [-0.39, 0.29) is 0 Å². The van der Waals surface area contributed by atoms with Gasteiger partial charge in [0.05, 0.1) is 25.5 Å². The van der Waals surface area contributed by atoms with Crippen LogP contribution in [0.2, 0.25) is 0 Å². The molecular weight excluding hydrogens is 216 g/mol. The first-order valence-electron chi connectivity index (χ1n) is 6.13. The van der Waals surface area contributed by atoms with Crippen LogP contribution >= 0.6 is 0 Å². The number of nitrogen functional groups attached to an aromatic ring is 1. The Morgan fingerprint density at radius 3 is 2.76 bits per heavy atom. The van der Waals surface area contributed by atoms with Crippen LogP contribution in [0.15, 0.2) is 24.3 Å². The van der Waals surface area contributed by atoms with Crippen molar-refractivity contribution in [2.45, 2.75) is 6.42 Å². The summed E-state index contributed by atoms with van der Waals surface area (Å²) in [7, 11) is 0. The molecule has 0 radical (unpaired) electrons. The lowest BCUT2D eigenvalue weighted by Crippen LogP contribution is -2.37. The molecule has 1 aliphatic rings. The highest BCUT2D eigenvalue weighted by molar-refractivity contribution is 5.51. The molecule has 4 nitrogen and oxygen atoms in total. The van der Waals surface area contributed by atoms with Gasteiger partial charge in [-0.2, -0.15) is 0 Å². The second kappa shape index (κ2) is 6.47. The minimum atomic E-state index is 0.707. The van der Waals surface area contributed by atoms with E-state index in [0.29, 0.717) is 12.3 Å². The summed E-state index contributed by atoms with van der Waals surface area (Å²) < 4.78 is 10.9. The molecule has 2 N–H and O–H groups in total. The fourth-order valence-corrected chi connectivity index (χ4v) is 1.91. The maximum atomic E-state index is 5.79. The Bertz CT molecular complexity index is 338. The van der Waals surface area contributed by atoms with Crippen molar-refractivity contribution < 1.29 is 9.47 Å². The summed E-state index contributed by atoms with van der Waals surface area (Å²) in [5.41, 5.74) is 6.50. The van der Waals surface area contributed by atoms with Crippen LogP contribution in [-0.4, -0.2) is 44.4 Å². The van der Waals surface area contributed by atoms with E-state index < -0.39 is 0 Å². The van der Waals surface area contributed by atoms with Gasteiger partial charge in [-0.3, -0.25) is 4.90 Å². The van der Waals surface area contributed by atoms with Crippen LogP contribution in [0.1, 0.15) is 6.42 Å². The molecule has 1 aliphatic heterocycles. The first-order chi connectivity index (χ1) is 8.36. The van der Waals surface area contributed by atoms with Gasteiger partial charge in [-0.25, -0.2) is 0 Å². The summed E-state index contributed by atoms with van der Waals surface area (Å²) >= 11 is 0. The standard InChI is InChI=1S/C13H20N2O2/c14-12-4-1-2-5-13(12)17-9-3-6-15-7-10-16-11-8-15/h1-2,4-5H,3,6-11,14H2. The number of benzene rings is 1. The molecular formula is C13H20N2O2. The maximum absolute atomic E-state index is 5.79. The van der Waals surface area contributed by atoms with E-state index >= 15 is 0 Å². The molecule has 1 aromatic carbocycles. The average Bonchev–Trinajstić information content (AvgIpc) is 2.38. The van der Waals surface area contributed by atoms with E-state index in [1.54, 1.807) is 0 Å². The molecule has 0 bridgehead atoms. The first kappa shape index (κ1) is 12.2. The van der Waals surface area contributed by atoms with Gasteiger partial charge in [0.15, 0.2) is 0 Å². The molecule has 0 unspecified atom stereocenters. The number of nitrogens with zero attached hydrogens (tertiary/aromatic N) is 1. The SMILES string of the molecule is Nc1ccccc1OCCCN1CCOCC1. The lowest BCUT2D eigenvalue weighted by Gasteiger charge is -2.26. The highest BCUT2D eigenvalue weighted by Crippen LogP contribution is 2.19. The normalized spacial score (nSPS) is 16.9. The summed E-state index contributed by atoms with van der Waals surface area (Å²) in [6.45, 7) is 5.56. The average molecular weight is 236 g/mol. The number of rotatable bonds is 5. The van der Waals surface area contributed by atoms with Crippen molar-refractivity contribution >= 4 is 5.69 Å². The van der Waals surface area contributed by atoms with Gasteiger partial charge in [0.2, 0.25) is 0 Å². The molecule has 0 aliphatic carbocycles. The van der Waals surface area contributed by atoms with Crippen molar-refractivity contribution in [2.24, 2.45) is 0 Å². The molecule has 0 amide bonds. The van der Waals surface area contributed by atoms with E-state index in [1.165, 1.54) is 0 Å². The zero-order valence-corrected chi connectivity index (χ0v) is 10.1. The smallest absolute Gasteiger partial charge is 0.142 e. The summed E-state index contributed by atoms with van der Waals surface area (Å²) in [4.78, 5) is 2.40. The molecule has 0 aromatic heterocycles. The van der Waals surface area contributed by atoms with Crippen molar-refractivity contribution in [1.82, 2.24) is 4.90 Å². The lowest BCUT2D eigenvalue weighted by molar-refractivity contribution is 0.0358.